The molecule has 0 aromatic heterocycles. The van der Waals surface area contributed by atoms with Crippen LogP contribution in [-0.4, -0.2) is 0 Å². The van der Waals surface area contributed by atoms with Crippen LogP contribution < -0.4 is 0 Å². The molecule has 0 saturated heterocycles. The summed E-state index contributed by atoms with van der Waals surface area (Å²) < 4.78 is 0. The van der Waals surface area contributed by atoms with Crippen LogP contribution in [0.3, 0.4) is 0 Å². The van der Waals surface area contributed by atoms with Gasteiger partial charge in [-0.1, -0.05) is 50.3 Å². The third kappa shape index (κ3) is 4.84. The zero-order valence-corrected chi connectivity index (χ0v) is 12.9. The van der Waals surface area contributed by atoms with E-state index in [9.17, 15) is 0 Å². The fourth-order valence-corrected chi connectivity index (χ4v) is 1.05. The van der Waals surface area contributed by atoms with E-state index in [1.165, 1.54) is 0 Å². The average molecular weight is 387 g/mol. The minimum Gasteiger partial charge on any atom is -0.698 e. The second kappa shape index (κ2) is 6.63. The summed E-state index contributed by atoms with van der Waals surface area (Å²) in [5.41, 5.74) is 9.31. The van der Waals surface area contributed by atoms with E-state index in [1.807, 2.05) is 36.4 Å². The van der Waals surface area contributed by atoms with E-state index in [0.717, 1.165) is 5.56 Å². The third-order valence-corrected chi connectivity index (χ3v) is 1.58. The zero-order valence-electron chi connectivity index (χ0n) is 8.12. The van der Waals surface area contributed by atoms with Crippen LogP contribution in [0.15, 0.2) is 36.4 Å². The van der Waals surface area contributed by atoms with Gasteiger partial charge in [-0.2, -0.15) is 0 Å². The molecule has 1 aromatic carbocycles. The molecule has 13 heavy (non-hydrogen) atoms. The summed E-state index contributed by atoms with van der Waals surface area (Å²) in [5.74, 6) is 0.442. The van der Waals surface area contributed by atoms with Crippen molar-refractivity contribution in [1.29, 1.82) is 0 Å². The van der Waals surface area contributed by atoms with E-state index in [4.69, 9.17) is 5.73 Å². The smallest absolute Gasteiger partial charge is 0 e. The molecule has 0 spiro atoms. The molecule has 0 heterocycles. The van der Waals surface area contributed by atoms with Crippen molar-refractivity contribution in [3.63, 3.8) is 0 Å². The number of hydrogen-bond acceptors (Lipinski definition) is 0. The molecule has 0 amide bonds. The summed E-state index contributed by atoms with van der Waals surface area (Å²) in [6.07, 6.45) is 1.95. The van der Waals surface area contributed by atoms with Crippen LogP contribution in [0.4, 0.5) is 0 Å². The van der Waals surface area contributed by atoms with Crippen molar-refractivity contribution >= 4 is 5.70 Å². The number of hydrogen-bond donors (Lipinski definition) is 0. The van der Waals surface area contributed by atoms with Crippen LogP contribution >= 0.6 is 0 Å². The van der Waals surface area contributed by atoms with Gasteiger partial charge in [0.15, 0.2) is 0 Å². The molecular weight excluding hydrogens is 373 g/mol. The molecule has 1 nitrogen and oxygen atoms in total. The van der Waals surface area contributed by atoms with Crippen LogP contribution in [-0.2, 0) is 0 Å². The zero-order chi connectivity index (χ0) is 8.97. The molecule has 1 aromatic rings. The largest absolute Gasteiger partial charge is 0.698 e. The van der Waals surface area contributed by atoms with Crippen molar-refractivity contribution in [1.82, 2.24) is 0 Å². The Hall–Kier alpha value is 0.202. The standard InChI is InChI=1S/C11H14N.Ac/c1-9(2)8-11(12)10-6-4-3-5-7-10;/h3-9,12H,1-2H3;/q-1;/b11-8-;. The second-order valence-electron chi connectivity index (χ2n) is 3.19. The maximum atomic E-state index is 7.70. The summed E-state index contributed by atoms with van der Waals surface area (Å²) in [7, 11) is 0. The SMILES string of the molecule is CC(C)/C=C(\[NH-])c1ccccc1.[Ac]. The summed E-state index contributed by atoms with van der Waals surface area (Å²) in [6, 6.07) is 9.80. The summed E-state index contributed by atoms with van der Waals surface area (Å²) >= 11 is 0. The molecule has 0 fully saturated rings. The first-order valence-electron chi connectivity index (χ1n) is 4.19. The number of rotatable bonds is 2. The van der Waals surface area contributed by atoms with Gasteiger partial charge in [0.1, 0.15) is 0 Å². The fraction of sp³-hybridized carbons (Fsp3) is 0.273. The van der Waals surface area contributed by atoms with E-state index < -0.39 is 0 Å². The summed E-state index contributed by atoms with van der Waals surface area (Å²) in [6.45, 7) is 4.16. The van der Waals surface area contributed by atoms with Gasteiger partial charge >= 0.3 is 0 Å². The van der Waals surface area contributed by atoms with Crippen molar-refractivity contribution in [2.24, 2.45) is 5.92 Å². The molecule has 0 unspecified atom stereocenters. The Bertz CT molecular complexity index is 265. The molecule has 1 N–H and O–H groups in total. The molecule has 0 aliphatic rings. The van der Waals surface area contributed by atoms with Gasteiger partial charge in [0.25, 0.3) is 0 Å². The number of allylic oxidation sites excluding steroid dienone is 1. The van der Waals surface area contributed by atoms with Gasteiger partial charge in [0.2, 0.25) is 0 Å². The monoisotopic (exact) mass is 387 g/mol. The molecule has 0 atom stereocenters. The Labute approximate surface area is 116 Å². The Morgan fingerprint density at radius 3 is 2.23 bits per heavy atom. The van der Waals surface area contributed by atoms with E-state index in [1.54, 1.807) is 0 Å². The van der Waals surface area contributed by atoms with Gasteiger partial charge in [0, 0.05) is 44.1 Å². The van der Waals surface area contributed by atoms with Crippen LogP contribution in [0.2, 0.25) is 0 Å². The van der Waals surface area contributed by atoms with Crippen molar-refractivity contribution in [2.75, 3.05) is 0 Å². The molecule has 1 radical (unpaired) electrons. The van der Waals surface area contributed by atoms with Crippen LogP contribution in [0.25, 0.3) is 11.4 Å². The predicted molar refractivity (Wildman–Crippen MR) is 53.6 cm³/mol. The van der Waals surface area contributed by atoms with Crippen LogP contribution in [0.5, 0.6) is 0 Å². The molecule has 0 aliphatic heterocycles. The maximum absolute atomic E-state index is 7.70. The molecule has 0 bridgehead atoms. The van der Waals surface area contributed by atoms with Gasteiger partial charge in [-0.25, -0.2) is 0 Å². The Morgan fingerprint density at radius 2 is 1.77 bits per heavy atom. The summed E-state index contributed by atoms with van der Waals surface area (Å²) in [5, 5.41) is 0. The molecule has 67 valence electrons. The van der Waals surface area contributed by atoms with Crippen LogP contribution in [0.1, 0.15) is 19.4 Å². The Balaban J connectivity index is 0.00000144. The molecule has 2 heteroatoms. The van der Waals surface area contributed by atoms with Gasteiger partial charge in [0.05, 0.1) is 0 Å². The topological polar surface area (TPSA) is 23.8 Å². The fourth-order valence-electron chi connectivity index (χ4n) is 1.05. The van der Waals surface area contributed by atoms with E-state index in [2.05, 4.69) is 13.8 Å². The second-order valence-corrected chi connectivity index (χ2v) is 3.19. The van der Waals surface area contributed by atoms with Crippen molar-refractivity contribution in [3.05, 3.63) is 47.7 Å². The number of nitrogens with one attached hydrogen (secondary N) is 1. The average Bonchev–Trinajstić information content (AvgIpc) is 2.05. The number of benzene rings is 1. The maximum Gasteiger partial charge on any atom is 0 e. The van der Waals surface area contributed by atoms with Gasteiger partial charge in [-0.05, 0) is 11.5 Å². The summed E-state index contributed by atoms with van der Waals surface area (Å²) in [4.78, 5) is 0. The molecule has 0 aliphatic carbocycles. The third-order valence-electron chi connectivity index (χ3n) is 1.58. The first-order chi connectivity index (χ1) is 5.70. The molecular formula is C11H14AcN-. The first kappa shape index (κ1) is 13.2. The first-order valence-corrected chi connectivity index (χ1v) is 4.19. The van der Waals surface area contributed by atoms with Crippen molar-refractivity contribution in [2.45, 2.75) is 13.8 Å². The normalized spacial score (nSPS) is 11.2. The van der Waals surface area contributed by atoms with Gasteiger partial charge in [-0.15, -0.1) is 5.70 Å². The minimum absolute atomic E-state index is 0. The van der Waals surface area contributed by atoms with E-state index >= 15 is 0 Å². The van der Waals surface area contributed by atoms with Crippen molar-refractivity contribution in [3.8, 4) is 0 Å². The Morgan fingerprint density at radius 1 is 1.23 bits per heavy atom. The van der Waals surface area contributed by atoms with E-state index in [0.29, 0.717) is 11.6 Å². The van der Waals surface area contributed by atoms with Gasteiger partial charge in [-0.3, -0.25) is 0 Å². The minimum atomic E-state index is 0. The molecule has 0 saturated carbocycles. The van der Waals surface area contributed by atoms with Crippen LogP contribution in [0, 0.1) is 50.0 Å². The van der Waals surface area contributed by atoms with Crippen molar-refractivity contribution < 1.29 is 44.1 Å². The molecule has 1 rings (SSSR count). The van der Waals surface area contributed by atoms with Gasteiger partial charge < -0.3 is 5.73 Å². The van der Waals surface area contributed by atoms with E-state index in [-0.39, 0.29) is 44.1 Å². The predicted octanol–water partition coefficient (Wildman–Crippen LogP) is 3.74. The Kier molecular flexibility index (Phi) is 6.73. The quantitative estimate of drug-likeness (QED) is 0.739.